The molecule has 0 fully saturated rings. The number of nitrogen functional groups attached to an aromatic ring is 1. The zero-order valence-corrected chi connectivity index (χ0v) is 11.8. The van der Waals surface area contributed by atoms with Gasteiger partial charge < -0.3 is 10.5 Å². The summed E-state index contributed by atoms with van der Waals surface area (Å²) >= 11 is 0. The van der Waals surface area contributed by atoms with Crippen LogP contribution in [0.3, 0.4) is 0 Å². The second-order valence-electron chi connectivity index (χ2n) is 5.11. The molecule has 1 aliphatic heterocycles. The molecule has 2 aromatic carbocycles. The predicted octanol–water partition coefficient (Wildman–Crippen LogP) is 3.21. The number of hydrogen-bond donors (Lipinski definition) is 1. The lowest BCUT2D eigenvalue weighted by Crippen LogP contribution is -2.17. The highest BCUT2D eigenvalue weighted by atomic mass is 16.5. The molecular weight excluding hydrogens is 248 g/mol. The summed E-state index contributed by atoms with van der Waals surface area (Å²) < 4.78 is 5.94. The predicted molar refractivity (Wildman–Crippen MR) is 81.9 cm³/mol. The first-order chi connectivity index (χ1) is 9.67. The molecule has 0 spiro atoms. The maximum Gasteiger partial charge on any atom is 0.155 e. The maximum absolute atomic E-state index is 5.94. The number of rotatable bonds is 2. The maximum atomic E-state index is 5.94. The average Bonchev–Trinajstić information content (AvgIpc) is 2.43. The minimum absolute atomic E-state index is 0.687. The first-order valence-corrected chi connectivity index (χ1v) is 6.94. The van der Waals surface area contributed by atoms with Crippen LogP contribution in [0.5, 0.6) is 11.5 Å². The summed E-state index contributed by atoms with van der Waals surface area (Å²) in [5, 5.41) is 2.10. The van der Waals surface area contributed by atoms with Crippen LogP contribution in [0.1, 0.15) is 25.3 Å². The third-order valence-corrected chi connectivity index (χ3v) is 3.45. The fourth-order valence-corrected chi connectivity index (χ4v) is 2.33. The lowest BCUT2D eigenvalue weighted by Gasteiger charge is -2.15. The van der Waals surface area contributed by atoms with Crippen molar-refractivity contribution in [3.63, 3.8) is 0 Å². The Hall–Kier alpha value is -2.29. The average molecular weight is 266 g/mol. The summed E-state index contributed by atoms with van der Waals surface area (Å²) in [6, 6.07) is 9.69. The van der Waals surface area contributed by atoms with E-state index in [1.54, 1.807) is 0 Å². The molecule has 2 N–H and O–H groups in total. The van der Waals surface area contributed by atoms with Gasteiger partial charge in [0.15, 0.2) is 11.5 Å². The highest BCUT2D eigenvalue weighted by Gasteiger charge is 2.12. The van der Waals surface area contributed by atoms with Crippen LogP contribution in [0.25, 0.3) is 6.08 Å². The zero-order valence-electron chi connectivity index (χ0n) is 11.8. The van der Waals surface area contributed by atoms with Crippen molar-refractivity contribution >= 4 is 17.5 Å². The van der Waals surface area contributed by atoms with Crippen molar-refractivity contribution in [1.82, 2.24) is 0 Å². The number of aryl methyl sites for hydroxylation is 1. The molecule has 0 aromatic heterocycles. The molecule has 3 nitrogen and oxygen atoms in total. The first-order valence-electron chi connectivity index (χ1n) is 6.94. The van der Waals surface area contributed by atoms with Crippen LogP contribution in [0, 0.1) is 6.92 Å². The molecule has 3 heteroatoms. The van der Waals surface area contributed by atoms with Crippen molar-refractivity contribution in [3.05, 3.63) is 46.5 Å². The van der Waals surface area contributed by atoms with Gasteiger partial charge in [-0.15, -0.1) is 0 Å². The van der Waals surface area contributed by atoms with Crippen molar-refractivity contribution in [3.8, 4) is 11.5 Å². The lowest BCUT2D eigenvalue weighted by atomic mass is 10.1. The zero-order chi connectivity index (χ0) is 14.1. The SMILES string of the molecule is CCC/C=c1/cc2c(cc1C)=Nc1ccc(N)cc1O2. The van der Waals surface area contributed by atoms with Gasteiger partial charge in [-0.2, -0.15) is 0 Å². The molecule has 0 aliphatic carbocycles. The Balaban J connectivity index is 2.16. The number of hydrogen-bond acceptors (Lipinski definition) is 3. The van der Waals surface area contributed by atoms with E-state index < -0.39 is 0 Å². The smallest absolute Gasteiger partial charge is 0.155 e. The Morgan fingerprint density at radius 2 is 2.05 bits per heavy atom. The molecule has 0 radical (unpaired) electrons. The highest BCUT2D eigenvalue weighted by Crippen LogP contribution is 2.34. The van der Waals surface area contributed by atoms with E-state index in [1.165, 1.54) is 10.8 Å². The molecule has 3 rings (SSSR count). The molecule has 1 aliphatic rings. The third kappa shape index (κ3) is 2.27. The second-order valence-corrected chi connectivity index (χ2v) is 5.11. The van der Waals surface area contributed by atoms with E-state index in [0.29, 0.717) is 5.69 Å². The van der Waals surface area contributed by atoms with E-state index in [0.717, 1.165) is 35.4 Å². The van der Waals surface area contributed by atoms with Crippen LogP contribution in [0.4, 0.5) is 11.4 Å². The lowest BCUT2D eigenvalue weighted by molar-refractivity contribution is 0.469. The van der Waals surface area contributed by atoms with Crippen LogP contribution in [0.15, 0.2) is 35.3 Å². The largest absolute Gasteiger partial charge is 0.453 e. The summed E-state index contributed by atoms with van der Waals surface area (Å²) in [7, 11) is 0. The van der Waals surface area contributed by atoms with Crippen molar-refractivity contribution in [2.24, 2.45) is 4.99 Å². The minimum Gasteiger partial charge on any atom is -0.453 e. The van der Waals surface area contributed by atoms with Crippen LogP contribution >= 0.6 is 0 Å². The van der Waals surface area contributed by atoms with E-state index >= 15 is 0 Å². The highest BCUT2D eigenvalue weighted by molar-refractivity contribution is 5.62. The second kappa shape index (κ2) is 5.00. The molecule has 0 saturated carbocycles. The molecule has 0 bridgehead atoms. The van der Waals surface area contributed by atoms with Gasteiger partial charge in [0.05, 0.1) is 0 Å². The Morgan fingerprint density at radius 1 is 1.20 bits per heavy atom. The fourth-order valence-electron chi connectivity index (χ4n) is 2.33. The van der Waals surface area contributed by atoms with Gasteiger partial charge in [-0.05, 0) is 48.4 Å². The van der Waals surface area contributed by atoms with Gasteiger partial charge in [0, 0.05) is 11.8 Å². The van der Waals surface area contributed by atoms with Crippen LogP contribution < -0.4 is 21.0 Å². The van der Waals surface area contributed by atoms with Gasteiger partial charge in [-0.1, -0.05) is 19.4 Å². The number of fused-ring (bicyclic) bond motifs is 2. The molecule has 0 unspecified atom stereocenters. The number of nitrogens with two attached hydrogens (primary N) is 1. The Kier molecular flexibility index (Phi) is 3.18. The van der Waals surface area contributed by atoms with E-state index in [1.807, 2.05) is 18.2 Å². The Morgan fingerprint density at radius 3 is 2.85 bits per heavy atom. The summed E-state index contributed by atoms with van der Waals surface area (Å²) in [5.74, 6) is 1.53. The Bertz CT molecular complexity index is 778. The van der Waals surface area contributed by atoms with Crippen LogP contribution in [0.2, 0.25) is 0 Å². The molecule has 0 atom stereocenters. The van der Waals surface area contributed by atoms with Gasteiger partial charge in [-0.3, -0.25) is 0 Å². The summed E-state index contributed by atoms with van der Waals surface area (Å²) in [6.45, 7) is 4.28. The number of nitrogens with zero attached hydrogens (tertiary/aromatic N) is 1. The third-order valence-electron chi connectivity index (χ3n) is 3.45. The molecule has 102 valence electrons. The fraction of sp³-hybridized carbons (Fsp3) is 0.235. The minimum atomic E-state index is 0.687. The van der Waals surface area contributed by atoms with Gasteiger partial charge in [-0.25, -0.2) is 4.99 Å². The topological polar surface area (TPSA) is 47.6 Å². The van der Waals surface area contributed by atoms with Crippen molar-refractivity contribution in [1.29, 1.82) is 0 Å². The monoisotopic (exact) mass is 266 g/mol. The summed E-state index contributed by atoms with van der Waals surface area (Å²) in [6.07, 6.45) is 4.45. The summed E-state index contributed by atoms with van der Waals surface area (Å²) in [4.78, 5) is 4.64. The van der Waals surface area contributed by atoms with Gasteiger partial charge >= 0.3 is 0 Å². The molecule has 20 heavy (non-hydrogen) atoms. The van der Waals surface area contributed by atoms with E-state index in [4.69, 9.17) is 10.5 Å². The quantitative estimate of drug-likeness (QED) is 0.724. The van der Waals surface area contributed by atoms with Gasteiger partial charge in [0.1, 0.15) is 11.0 Å². The van der Waals surface area contributed by atoms with E-state index in [-0.39, 0.29) is 0 Å². The van der Waals surface area contributed by atoms with E-state index in [2.05, 4.69) is 37.0 Å². The number of anilines is 1. The van der Waals surface area contributed by atoms with Gasteiger partial charge in [0.25, 0.3) is 0 Å². The standard InChI is InChI=1S/C17H18N2O/c1-3-4-5-12-9-16-15(8-11(12)2)19-14-7-6-13(18)10-17(14)20-16/h5-10H,3-4,18H2,1-2H3/b12-5-. The van der Waals surface area contributed by atoms with Crippen molar-refractivity contribution in [2.45, 2.75) is 26.7 Å². The summed E-state index contributed by atoms with van der Waals surface area (Å²) in [5.41, 5.74) is 8.54. The van der Waals surface area contributed by atoms with Crippen molar-refractivity contribution in [2.75, 3.05) is 5.73 Å². The molecule has 1 heterocycles. The number of unbranched alkanes of at least 4 members (excludes halogenated alkanes) is 1. The van der Waals surface area contributed by atoms with Gasteiger partial charge in [0.2, 0.25) is 0 Å². The Labute approximate surface area is 118 Å². The molecular formula is C17H18N2O. The molecule has 0 saturated heterocycles. The molecule has 0 amide bonds. The number of benzene rings is 2. The van der Waals surface area contributed by atoms with Crippen molar-refractivity contribution < 1.29 is 4.74 Å². The molecule has 2 aromatic rings. The first kappa shape index (κ1) is 12.7. The van der Waals surface area contributed by atoms with Crippen LogP contribution in [-0.2, 0) is 0 Å². The number of ether oxygens (including phenoxy) is 1. The van der Waals surface area contributed by atoms with Crippen LogP contribution in [-0.4, -0.2) is 0 Å². The normalized spacial score (nSPS) is 13.2. The van der Waals surface area contributed by atoms with E-state index in [9.17, 15) is 0 Å².